The molecule has 8 heteroatoms. The number of aliphatic hydroxyl groups excluding tert-OH is 3. The Labute approximate surface area is 111 Å². The first-order valence-corrected chi connectivity index (χ1v) is 6.17. The molecule has 0 aromatic carbocycles. The van der Waals surface area contributed by atoms with E-state index in [1.165, 1.54) is 4.90 Å². The van der Waals surface area contributed by atoms with E-state index in [0.29, 0.717) is 19.4 Å². The van der Waals surface area contributed by atoms with Gasteiger partial charge in [-0.05, 0) is 12.8 Å². The van der Waals surface area contributed by atoms with Gasteiger partial charge in [0.1, 0.15) is 5.54 Å². The minimum atomic E-state index is -1.44. The van der Waals surface area contributed by atoms with Crippen LogP contribution in [0.2, 0.25) is 0 Å². The molecular formula is C11H21N3O5. The largest absolute Gasteiger partial charge is 0.394 e. The van der Waals surface area contributed by atoms with Gasteiger partial charge in [-0.2, -0.15) is 0 Å². The monoisotopic (exact) mass is 275 g/mol. The highest BCUT2D eigenvalue weighted by Gasteiger charge is 2.34. The first kappa shape index (κ1) is 15.7. The van der Waals surface area contributed by atoms with E-state index in [1.807, 2.05) is 0 Å². The lowest BCUT2D eigenvalue weighted by Crippen LogP contribution is -2.59. The third kappa shape index (κ3) is 3.79. The van der Waals surface area contributed by atoms with Gasteiger partial charge in [-0.1, -0.05) is 0 Å². The van der Waals surface area contributed by atoms with Crippen LogP contribution in [0.25, 0.3) is 0 Å². The van der Waals surface area contributed by atoms with Gasteiger partial charge in [-0.3, -0.25) is 4.79 Å². The fraction of sp³-hybridized carbons (Fsp3) is 0.818. The first-order valence-electron chi connectivity index (χ1n) is 6.17. The van der Waals surface area contributed by atoms with Gasteiger partial charge in [0.25, 0.3) is 0 Å². The molecule has 1 rings (SSSR count). The van der Waals surface area contributed by atoms with Crippen LogP contribution in [-0.4, -0.2) is 70.6 Å². The predicted molar refractivity (Wildman–Crippen MR) is 66.0 cm³/mol. The summed E-state index contributed by atoms with van der Waals surface area (Å²) in [4.78, 5) is 24.5. The van der Waals surface area contributed by atoms with Crippen LogP contribution >= 0.6 is 0 Å². The highest BCUT2D eigenvalue weighted by Crippen LogP contribution is 2.17. The minimum absolute atomic E-state index is 0.208. The van der Waals surface area contributed by atoms with Crippen LogP contribution in [0.4, 0.5) is 4.79 Å². The highest BCUT2D eigenvalue weighted by atomic mass is 16.3. The van der Waals surface area contributed by atoms with E-state index < -0.39 is 43.2 Å². The molecular weight excluding hydrogens is 254 g/mol. The molecule has 1 saturated heterocycles. The number of nitrogens with two attached hydrogens (primary N) is 1. The lowest BCUT2D eigenvalue weighted by atomic mass is 9.95. The second-order valence-corrected chi connectivity index (χ2v) is 4.87. The number of carbonyl (C=O) groups is 2. The molecule has 1 fully saturated rings. The zero-order valence-electron chi connectivity index (χ0n) is 10.7. The Morgan fingerprint density at radius 1 is 1.26 bits per heavy atom. The molecule has 8 nitrogen and oxygen atoms in total. The molecule has 1 heterocycles. The average molecular weight is 275 g/mol. The summed E-state index contributed by atoms with van der Waals surface area (Å²) in [5.41, 5.74) is 3.73. The van der Waals surface area contributed by atoms with Gasteiger partial charge in [0, 0.05) is 13.1 Å². The van der Waals surface area contributed by atoms with E-state index >= 15 is 0 Å². The summed E-state index contributed by atoms with van der Waals surface area (Å²) in [6.45, 7) is -0.988. The number of nitrogens with one attached hydrogen (secondary N) is 1. The van der Waals surface area contributed by atoms with Crippen LogP contribution < -0.4 is 11.1 Å². The minimum Gasteiger partial charge on any atom is -0.394 e. The van der Waals surface area contributed by atoms with E-state index in [4.69, 9.17) is 21.1 Å². The van der Waals surface area contributed by atoms with E-state index in [9.17, 15) is 9.59 Å². The molecule has 0 aromatic heterocycles. The number of likely N-dealkylation sites (tertiary alicyclic amines) is 1. The summed E-state index contributed by atoms with van der Waals surface area (Å²) in [6.07, 6.45) is 1.25. The Morgan fingerprint density at radius 2 is 1.84 bits per heavy atom. The van der Waals surface area contributed by atoms with Crippen molar-refractivity contribution in [3.8, 4) is 0 Å². The molecule has 0 radical (unpaired) electrons. The van der Waals surface area contributed by atoms with Gasteiger partial charge in [-0.15, -0.1) is 0 Å². The number of piperidine rings is 1. The number of carbonyl (C=O) groups excluding carboxylic acids is 2. The molecule has 19 heavy (non-hydrogen) atoms. The van der Waals surface area contributed by atoms with Gasteiger partial charge in [-0.25, -0.2) is 4.79 Å². The van der Waals surface area contributed by atoms with Crippen molar-refractivity contribution >= 4 is 11.9 Å². The Bertz CT molecular complexity index is 324. The quantitative estimate of drug-likeness (QED) is 0.381. The van der Waals surface area contributed by atoms with Crippen molar-refractivity contribution in [2.24, 2.45) is 11.7 Å². The van der Waals surface area contributed by atoms with Crippen molar-refractivity contribution in [3.05, 3.63) is 0 Å². The standard InChI is InChI=1S/C11H21N3O5/c12-10(19)14-3-1-2-8(4-14)9(18)13-11(5-15,6-16)7-17/h8,15-17H,1-7H2,(H2,12,19)(H,13,18). The summed E-state index contributed by atoms with van der Waals surface area (Å²) >= 11 is 0. The molecule has 1 unspecified atom stereocenters. The number of rotatable bonds is 5. The smallest absolute Gasteiger partial charge is 0.314 e. The van der Waals surface area contributed by atoms with Gasteiger partial charge in [0.05, 0.1) is 25.7 Å². The lowest BCUT2D eigenvalue weighted by molar-refractivity contribution is -0.130. The number of hydrogen-bond donors (Lipinski definition) is 5. The first-order chi connectivity index (χ1) is 8.98. The Morgan fingerprint density at radius 3 is 2.32 bits per heavy atom. The van der Waals surface area contributed by atoms with E-state index in [-0.39, 0.29) is 6.54 Å². The summed E-state index contributed by atoms with van der Waals surface area (Å²) < 4.78 is 0. The average Bonchev–Trinajstić information content (AvgIpc) is 2.45. The van der Waals surface area contributed by atoms with Crippen LogP contribution in [0.3, 0.4) is 0 Å². The fourth-order valence-electron chi connectivity index (χ4n) is 2.02. The Hall–Kier alpha value is -1.38. The van der Waals surface area contributed by atoms with Crippen molar-refractivity contribution in [1.29, 1.82) is 0 Å². The molecule has 0 saturated carbocycles. The summed E-state index contributed by atoms with van der Waals surface area (Å²) in [5, 5.41) is 29.9. The lowest BCUT2D eigenvalue weighted by Gasteiger charge is -2.34. The molecule has 0 aromatic rings. The maximum atomic E-state index is 12.0. The molecule has 6 N–H and O–H groups in total. The van der Waals surface area contributed by atoms with Crippen LogP contribution in [0.15, 0.2) is 0 Å². The molecule has 1 aliphatic heterocycles. The van der Waals surface area contributed by atoms with Crippen LogP contribution in [0.1, 0.15) is 12.8 Å². The van der Waals surface area contributed by atoms with E-state index in [2.05, 4.69) is 5.32 Å². The third-order valence-corrected chi connectivity index (χ3v) is 3.40. The molecule has 3 amide bonds. The summed E-state index contributed by atoms with van der Waals surface area (Å²) in [6, 6.07) is -0.574. The normalized spacial score (nSPS) is 20.2. The van der Waals surface area contributed by atoms with Crippen molar-refractivity contribution in [2.45, 2.75) is 18.4 Å². The number of hydrogen-bond acceptors (Lipinski definition) is 5. The predicted octanol–water partition coefficient (Wildman–Crippen LogP) is -2.39. The van der Waals surface area contributed by atoms with Crippen molar-refractivity contribution < 1.29 is 24.9 Å². The molecule has 0 spiro atoms. The highest BCUT2D eigenvalue weighted by molar-refractivity contribution is 5.81. The maximum Gasteiger partial charge on any atom is 0.314 e. The van der Waals surface area contributed by atoms with Crippen molar-refractivity contribution in [2.75, 3.05) is 32.9 Å². The molecule has 0 bridgehead atoms. The van der Waals surface area contributed by atoms with Crippen LogP contribution in [0, 0.1) is 5.92 Å². The van der Waals surface area contributed by atoms with Crippen LogP contribution in [0.5, 0.6) is 0 Å². The van der Waals surface area contributed by atoms with Crippen molar-refractivity contribution in [1.82, 2.24) is 10.2 Å². The van der Waals surface area contributed by atoms with Gasteiger partial charge < -0.3 is 31.3 Å². The molecule has 1 aliphatic rings. The number of aliphatic hydroxyl groups is 3. The molecule has 110 valence electrons. The number of amides is 3. The third-order valence-electron chi connectivity index (χ3n) is 3.40. The molecule has 0 aliphatic carbocycles. The Kier molecular flexibility index (Phi) is 5.52. The van der Waals surface area contributed by atoms with E-state index in [1.54, 1.807) is 0 Å². The van der Waals surface area contributed by atoms with Gasteiger partial charge >= 0.3 is 6.03 Å². The SMILES string of the molecule is NC(=O)N1CCCC(C(=O)NC(CO)(CO)CO)C1. The number of primary amides is 1. The zero-order valence-corrected chi connectivity index (χ0v) is 10.7. The summed E-state index contributed by atoms with van der Waals surface area (Å²) in [7, 11) is 0. The number of urea groups is 1. The number of nitrogens with zero attached hydrogens (tertiary/aromatic N) is 1. The fourth-order valence-corrected chi connectivity index (χ4v) is 2.02. The second-order valence-electron chi connectivity index (χ2n) is 4.87. The van der Waals surface area contributed by atoms with Gasteiger partial charge in [0.2, 0.25) is 5.91 Å². The topological polar surface area (TPSA) is 136 Å². The van der Waals surface area contributed by atoms with Crippen LogP contribution in [-0.2, 0) is 4.79 Å². The van der Waals surface area contributed by atoms with Gasteiger partial charge in [0.15, 0.2) is 0 Å². The zero-order chi connectivity index (χ0) is 14.5. The maximum absolute atomic E-state index is 12.0. The Balaban J connectivity index is 2.64. The van der Waals surface area contributed by atoms with E-state index in [0.717, 1.165) is 0 Å². The summed E-state index contributed by atoms with van der Waals surface area (Å²) in [5.74, 6) is -0.867. The second kappa shape index (κ2) is 6.69. The molecule has 1 atom stereocenters. The van der Waals surface area contributed by atoms with Crippen molar-refractivity contribution in [3.63, 3.8) is 0 Å².